The van der Waals surface area contributed by atoms with Crippen molar-refractivity contribution in [1.82, 2.24) is 10.9 Å². The number of hydrogen-bond acceptors (Lipinski definition) is 3. The number of ether oxygens (including phenoxy) is 1. The fourth-order valence-electron chi connectivity index (χ4n) is 2.22. The second kappa shape index (κ2) is 9.08. The third-order valence-corrected chi connectivity index (χ3v) is 3.79. The Morgan fingerprint density at radius 1 is 1.12 bits per heavy atom. The number of benzene rings is 2. The van der Waals surface area contributed by atoms with Gasteiger partial charge in [0.05, 0.1) is 6.42 Å². The van der Waals surface area contributed by atoms with E-state index in [9.17, 15) is 9.59 Å². The fraction of sp³-hybridized carbons (Fsp3) is 0.263. The van der Waals surface area contributed by atoms with Gasteiger partial charge in [-0.3, -0.25) is 20.4 Å². The first-order valence-electron chi connectivity index (χ1n) is 8.04. The molecule has 132 valence electrons. The Morgan fingerprint density at radius 2 is 1.84 bits per heavy atom. The average molecular weight is 361 g/mol. The van der Waals surface area contributed by atoms with Gasteiger partial charge in [-0.25, -0.2) is 0 Å². The van der Waals surface area contributed by atoms with Crippen molar-refractivity contribution in [3.05, 3.63) is 64.7 Å². The van der Waals surface area contributed by atoms with Crippen LogP contribution in [-0.4, -0.2) is 17.9 Å². The molecule has 0 bridgehead atoms. The van der Waals surface area contributed by atoms with Crippen molar-refractivity contribution in [3.8, 4) is 5.75 Å². The summed E-state index contributed by atoms with van der Waals surface area (Å²) in [5.41, 5.74) is 6.67. The van der Waals surface area contributed by atoms with E-state index >= 15 is 0 Å². The number of hydrogen-bond donors (Lipinski definition) is 2. The zero-order valence-electron chi connectivity index (χ0n) is 14.2. The minimum Gasteiger partial charge on any atom is -0.481 e. The fourth-order valence-corrected chi connectivity index (χ4v) is 2.34. The monoisotopic (exact) mass is 360 g/mol. The molecule has 0 aliphatic rings. The van der Waals surface area contributed by atoms with Crippen molar-refractivity contribution in [3.63, 3.8) is 0 Å². The first kappa shape index (κ1) is 18.8. The molecule has 1 unspecified atom stereocenters. The Kier molecular flexibility index (Phi) is 6.83. The zero-order chi connectivity index (χ0) is 18.2. The van der Waals surface area contributed by atoms with E-state index in [1.807, 2.05) is 32.0 Å². The number of carbonyl (C=O) groups excluding carboxylic acids is 2. The second-order valence-electron chi connectivity index (χ2n) is 5.67. The van der Waals surface area contributed by atoms with Gasteiger partial charge in [0.25, 0.3) is 5.91 Å². The van der Waals surface area contributed by atoms with Crippen LogP contribution in [0, 0.1) is 6.92 Å². The summed E-state index contributed by atoms with van der Waals surface area (Å²) in [7, 11) is 0. The van der Waals surface area contributed by atoms with Gasteiger partial charge in [-0.1, -0.05) is 42.8 Å². The van der Waals surface area contributed by atoms with E-state index in [2.05, 4.69) is 10.9 Å². The van der Waals surface area contributed by atoms with E-state index in [-0.39, 0.29) is 12.3 Å². The zero-order valence-corrected chi connectivity index (χ0v) is 15.0. The Bertz CT molecular complexity index is 732. The molecular formula is C19H21ClN2O3. The van der Waals surface area contributed by atoms with Gasteiger partial charge in [0, 0.05) is 5.02 Å². The molecule has 25 heavy (non-hydrogen) atoms. The van der Waals surface area contributed by atoms with E-state index in [4.69, 9.17) is 16.3 Å². The van der Waals surface area contributed by atoms with Crippen molar-refractivity contribution >= 4 is 23.4 Å². The third-order valence-electron chi connectivity index (χ3n) is 3.53. The smallest absolute Gasteiger partial charge is 0.279 e. The van der Waals surface area contributed by atoms with Crippen LogP contribution in [-0.2, 0) is 16.0 Å². The lowest BCUT2D eigenvalue weighted by Crippen LogP contribution is -2.48. The summed E-state index contributed by atoms with van der Waals surface area (Å²) in [6.07, 6.45) is -0.0579. The summed E-state index contributed by atoms with van der Waals surface area (Å²) >= 11 is 5.81. The quantitative estimate of drug-likeness (QED) is 0.777. The van der Waals surface area contributed by atoms with Crippen molar-refractivity contribution in [2.45, 2.75) is 32.8 Å². The maximum absolute atomic E-state index is 12.2. The van der Waals surface area contributed by atoms with Crippen LogP contribution >= 0.6 is 11.6 Å². The lowest BCUT2D eigenvalue weighted by atomic mass is 10.1. The summed E-state index contributed by atoms with van der Waals surface area (Å²) in [6.45, 7) is 3.79. The molecule has 2 rings (SSSR count). The first-order chi connectivity index (χ1) is 12.0. The lowest BCUT2D eigenvalue weighted by molar-refractivity contribution is -0.133. The minimum atomic E-state index is -0.683. The summed E-state index contributed by atoms with van der Waals surface area (Å²) in [5.74, 6) is -0.0935. The standard InChI is InChI=1S/C19H21ClN2O3/c1-3-17(25-16-6-4-5-13(2)11-16)19(24)22-21-18(23)12-14-7-9-15(20)10-8-14/h4-11,17H,3,12H2,1-2H3,(H,21,23)(H,22,24). The Morgan fingerprint density at radius 3 is 2.48 bits per heavy atom. The van der Waals surface area contributed by atoms with Crippen LogP contribution in [0.15, 0.2) is 48.5 Å². The van der Waals surface area contributed by atoms with Gasteiger partial charge in [-0.05, 0) is 48.7 Å². The van der Waals surface area contributed by atoms with E-state index in [0.717, 1.165) is 11.1 Å². The van der Waals surface area contributed by atoms with Gasteiger partial charge in [0.15, 0.2) is 6.10 Å². The molecular weight excluding hydrogens is 340 g/mol. The molecule has 2 aromatic carbocycles. The van der Waals surface area contributed by atoms with Gasteiger partial charge in [-0.2, -0.15) is 0 Å². The minimum absolute atomic E-state index is 0.146. The van der Waals surface area contributed by atoms with Crippen LogP contribution in [0.25, 0.3) is 0 Å². The van der Waals surface area contributed by atoms with E-state index in [1.54, 1.807) is 30.3 Å². The number of rotatable bonds is 6. The molecule has 0 spiro atoms. The highest BCUT2D eigenvalue weighted by molar-refractivity contribution is 6.30. The summed E-state index contributed by atoms with van der Waals surface area (Å²) in [6, 6.07) is 14.4. The highest BCUT2D eigenvalue weighted by atomic mass is 35.5. The first-order valence-corrected chi connectivity index (χ1v) is 8.42. The molecule has 0 radical (unpaired) electrons. The van der Waals surface area contributed by atoms with Crippen molar-refractivity contribution in [2.75, 3.05) is 0 Å². The van der Waals surface area contributed by atoms with Gasteiger partial charge in [-0.15, -0.1) is 0 Å². The molecule has 2 aromatic rings. The number of hydrazine groups is 1. The Labute approximate surface area is 152 Å². The highest BCUT2D eigenvalue weighted by Gasteiger charge is 2.19. The number of amides is 2. The molecule has 5 nitrogen and oxygen atoms in total. The van der Waals surface area contributed by atoms with Crippen LogP contribution in [0.2, 0.25) is 5.02 Å². The summed E-state index contributed by atoms with van der Waals surface area (Å²) in [4.78, 5) is 24.1. The van der Waals surface area contributed by atoms with Gasteiger partial charge < -0.3 is 4.74 Å². The number of carbonyl (C=O) groups is 2. The predicted octanol–water partition coefficient (Wildman–Crippen LogP) is 3.20. The largest absolute Gasteiger partial charge is 0.481 e. The van der Waals surface area contributed by atoms with E-state index < -0.39 is 12.0 Å². The topological polar surface area (TPSA) is 67.4 Å². The third kappa shape index (κ3) is 6.12. The van der Waals surface area contributed by atoms with Gasteiger partial charge in [0.1, 0.15) is 5.75 Å². The molecule has 2 N–H and O–H groups in total. The number of aryl methyl sites for hydroxylation is 1. The average Bonchev–Trinajstić information content (AvgIpc) is 2.59. The van der Waals surface area contributed by atoms with E-state index in [1.165, 1.54) is 0 Å². The molecule has 2 amide bonds. The normalized spacial score (nSPS) is 11.5. The predicted molar refractivity (Wildman–Crippen MR) is 97.3 cm³/mol. The van der Waals surface area contributed by atoms with Crippen molar-refractivity contribution in [2.24, 2.45) is 0 Å². The Hall–Kier alpha value is -2.53. The highest BCUT2D eigenvalue weighted by Crippen LogP contribution is 2.15. The Balaban J connectivity index is 1.84. The van der Waals surface area contributed by atoms with Crippen LogP contribution in [0.3, 0.4) is 0 Å². The lowest BCUT2D eigenvalue weighted by Gasteiger charge is -2.17. The SMILES string of the molecule is CCC(Oc1cccc(C)c1)C(=O)NNC(=O)Cc1ccc(Cl)cc1. The van der Waals surface area contributed by atoms with Crippen LogP contribution in [0.4, 0.5) is 0 Å². The molecule has 1 atom stereocenters. The summed E-state index contributed by atoms with van der Waals surface area (Å²) in [5, 5.41) is 0.608. The molecule has 0 fully saturated rings. The molecule has 0 aromatic heterocycles. The van der Waals surface area contributed by atoms with E-state index in [0.29, 0.717) is 17.2 Å². The molecule has 0 aliphatic carbocycles. The summed E-state index contributed by atoms with van der Waals surface area (Å²) < 4.78 is 5.69. The maximum atomic E-state index is 12.2. The number of nitrogens with one attached hydrogen (secondary N) is 2. The maximum Gasteiger partial charge on any atom is 0.279 e. The van der Waals surface area contributed by atoms with Gasteiger partial charge >= 0.3 is 0 Å². The van der Waals surface area contributed by atoms with Crippen LogP contribution < -0.4 is 15.6 Å². The molecule has 0 saturated heterocycles. The molecule has 0 aliphatic heterocycles. The van der Waals surface area contributed by atoms with Gasteiger partial charge in [0.2, 0.25) is 5.91 Å². The second-order valence-corrected chi connectivity index (χ2v) is 6.11. The van der Waals surface area contributed by atoms with Crippen molar-refractivity contribution < 1.29 is 14.3 Å². The van der Waals surface area contributed by atoms with Crippen LogP contribution in [0.5, 0.6) is 5.75 Å². The molecule has 0 heterocycles. The van der Waals surface area contributed by atoms with Crippen LogP contribution in [0.1, 0.15) is 24.5 Å². The van der Waals surface area contributed by atoms with Crippen molar-refractivity contribution in [1.29, 1.82) is 0 Å². The molecule has 6 heteroatoms. The number of halogens is 1. The molecule has 0 saturated carbocycles.